The van der Waals surface area contributed by atoms with Gasteiger partial charge in [0.1, 0.15) is 23.3 Å². The Labute approximate surface area is 228 Å². The number of hydrogen-bond acceptors (Lipinski definition) is 8. The first-order chi connectivity index (χ1) is 18.9. The van der Waals surface area contributed by atoms with Crippen LogP contribution in [0.15, 0.2) is 53.8 Å². The third-order valence-corrected chi connectivity index (χ3v) is 7.01. The minimum atomic E-state index is -1.35. The van der Waals surface area contributed by atoms with Gasteiger partial charge in [-0.3, -0.25) is 9.48 Å². The Bertz CT molecular complexity index is 1640. The number of ether oxygens (including phenoxy) is 2. The predicted molar refractivity (Wildman–Crippen MR) is 144 cm³/mol. The molecule has 1 aliphatic rings. The molecule has 3 aromatic heterocycles. The average Bonchev–Trinajstić information content (AvgIpc) is 3.60. The lowest BCUT2D eigenvalue weighted by Gasteiger charge is -2.28. The van der Waals surface area contributed by atoms with Gasteiger partial charge in [-0.15, -0.1) is 0 Å². The Morgan fingerprint density at radius 1 is 1.33 bits per heavy atom. The first-order valence-electron chi connectivity index (χ1n) is 12.3. The number of benzene rings is 1. The third kappa shape index (κ3) is 5.16. The molecule has 1 N–H and O–H groups in total. The molecule has 12 heteroatoms. The normalized spacial score (nSPS) is 15.0. The molecule has 0 radical (unpaired) electrons. The van der Waals surface area contributed by atoms with Gasteiger partial charge >= 0.3 is 5.97 Å². The van der Waals surface area contributed by atoms with Crippen molar-refractivity contribution < 1.29 is 19.4 Å². The third-order valence-electron chi connectivity index (χ3n) is 6.72. The van der Waals surface area contributed by atoms with Crippen LogP contribution in [0.5, 0.6) is 5.88 Å². The van der Waals surface area contributed by atoms with Crippen molar-refractivity contribution in [1.29, 1.82) is 5.26 Å². The van der Waals surface area contributed by atoms with Crippen LogP contribution in [0.2, 0.25) is 5.02 Å². The highest BCUT2D eigenvalue weighted by atomic mass is 35.5. The molecule has 1 aromatic carbocycles. The van der Waals surface area contributed by atoms with E-state index in [0.29, 0.717) is 54.1 Å². The molecule has 11 nitrogen and oxygen atoms in total. The standard InChI is InChI=1S/C27H25ClN6O5/c1-38-9-8-32-14-19(13-31-32)34-15-21(27(36)37)25(35)20-10-17(12-29)23(11-24(20)34)33-7-3-4-18(33)16-39-26-22(28)5-2-6-30-26/h2,5-6,10-11,13-15,18H,3-4,7-9,16H2,1H3,(H,36,37)/t18-/m1/s1. The van der Waals surface area contributed by atoms with Crippen LogP contribution in [-0.2, 0) is 11.3 Å². The fourth-order valence-electron chi connectivity index (χ4n) is 4.82. The zero-order valence-corrected chi connectivity index (χ0v) is 21.8. The first kappa shape index (κ1) is 26.2. The van der Waals surface area contributed by atoms with Gasteiger partial charge in [0.2, 0.25) is 11.3 Å². The number of fused-ring (bicyclic) bond motifs is 1. The highest BCUT2D eigenvalue weighted by Gasteiger charge is 2.29. The maximum absolute atomic E-state index is 13.2. The molecule has 1 aliphatic heterocycles. The van der Waals surface area contributed by atoms with Gasteiger partial charge in [-0.2, -0.15) is 10.4 Å². The van der Waals surface area contributed by atoms with E-state index in [1.165, 1.54) is 12.3 Å². The highest BCUT2D eigenvalue weighted by molar-refractivity contribution is 6.31. The molecule has 0 spiro atoms. The van der Waals surface area contributed by atoms with E-state index in [1.807, 2.05) is 0 Å². The summed E-state index contributed by atoms with van der Waals surface area (Å²) in [7, 11) is 1.59. The molecule has 4 aromatic rings. The Morgan fingerprint density at radius 3 is 2.92 bits per heavy atom. The van der Waals surface area contributed by atoms with Crippen LogP contribution < -0.4 is 15.1 Å². The van der Waals surface area contributed by atoms with E-state index in [1.54, 1.807) is 53.1 Å². The van der Waals surface area contributed by atoms with Crippen molar-refractivity contribution in [1.82, 2.24) is 19.3 Å². The summed E-state index contributed by atoms with van der Waals surface area (Å²) in [6.45, 7) is 1.93. The van der Waals surface area contributed by atoms with Gasteiger partial charge in [0.15, 0.2) is 0 Å². The Balaban J connectivity index is 1.60. The summed E-state index contributed by atoms with van der Waals surface area (Å²) in [5.74, 6) is -1.01. The van der Waals surface area contributed by atoms with Crippen LogP contribution in [0.3, 0.4) is 0 Å². The van der Waals surface area contributed by atoms with Gasteiger partial charge < -0.3 is 24.0 Å². The quantitative estimate of drug-likeness (QED) is 0.333. The van der Waals surface area contributed by atoms with Gasteiger partial charge in [-0.05, 0) is 37.1 Å². The number of anilines is 1. The molecule has 5 rings (SSSR count). The van der Waals surface area contributed by atoms with E-state index in [9.17, 15) is 20.0 Å². The van der Waals surface area contributed by atoms with Crippen LogP contribution in [0.1, 0.15) is 28.8 Å². The lowest BCUT2D eigenvalue weighted by atomic mass is 10.0. The van der Waals surface area contributed by atoms with Crippen LogP contribution in [0, 0.1) is 11.3 Å². The minimum absolute atomic E-state index is 0.0668. The molecular weight excluding hydrogens is 524 g/mol. The lowest BCUT2D eigenvalue weighted by molar-refractivity contribution is 0.0695. The van der Waals surface area contributed by atoms with E-state index in [0.717, 1.165) is 12.8 Å². The zero-order valence-electron chi connectivity index (χ0n) is 21.1. The molecule has 0 amide bonds. The van der Waals surface area contributed by atoms with Crippen molar-refractivity contribution in [2.45, 2.75) is 25.4 Å². The number of hydrogen-bond donors (Lipinski definition) is 1. The fraction of sp³-hybridized carbons (Fsp3) is 0.296. The van der Waals surface area contributed by atoms with E-state index >= 15 is 0 Å². The highest BCUT2D eigenvalue weighted by Crippen LogP contribution is 2.33. The molecule has 1 fully saturated rings. The molecule has 39 heavy (non-hydrogen) atoms. The number of carbonyl (C=O) groups is 1. The molecule has 0 saturated carbocycles. The summed E-state index contributed by atoms with van der Waals surface area (Å²) < 4.78 is 14.3. The molecular formula is C27H25ClN6O5. The number of halogens is 1. The van der Waals surface area contributed by atoms with Crippen LogP contribution >= 0.6 is 11.6 Å². The topological polar surface area (TPSA) is 136 Å². The van der Waals surface area contributed by atoms with Gasteiger partial charge in [0, 0.05) is 37.6 Å². The number of carboxylic acid groups (broad SMARTS) is 1. The molecule has 1 saturated heterocycles. The number of nitriles is 1. The Morgan fingerprint density at radius 2 is 2.18 bits per heavy atom. The SMILES string of the molecule is COCCn1cc(-n2cc(C(=O)O)c(=O)c3cc(C#N)c(N4CCC[C@@H]4COc4ncccc4Cl)cc32)cn1. The second kappa shape index (κ2) is 11.1. The van der Waals surface area contributed by atoms with E-state index in [-0.39, 0.29) is 17.0 Å². The zero-order chi connectivity index (χ0) is 27.5. The number of pyridine rings is 2. The monoisotopic (exact) mass is 548 g/mol. The first-order valence-corrected chi connectivity index (χ1v) is 12.7. The van der Waals surface area contributed by atoms with Crippen LogP contribution in [-0.4, -0.2) is 63.3 Å². The maximum atomic E-state index is 13.2. The van der Waals surface area contributed by atoms with Crippen molar-refractivity contribution in [3.05, 3.63) is 75.4 Å². The van der Waals surface area contributed by atoms with Gasteiger partial charge in [0.25, 0.3) is 0 Å². The van der Waals surface area contributed by atoms with Gasteiger partial charge in [-0.1, -0.05) is 11.6 Å². The Hall–Kier alpha value is -4.40. The smallest absolute Gasteiger partial charge is 0.341 e. The molecule has 0 aliphatic carbocycles. The van der Waals surface area contributed by atoms with Gasteiger partial charge in [0.05, 0.1) is 47.8 Å². The molecule has 4 heterocycles. The number of carboxylic acids is 1. The fourth-order valence-corrected chi connectivity index (χ4v) is 4.99. The molecule has 200 valence electrons. The minimum Gasteiger partial charge on any atom is -0.477 e. The van der Waals surface area contributed by atoms with E-state index in [4.69, 9.17) is 21.1 Å². The van der Waals surface area contributed by atoms with Crippen molar-refractivity contribution >= 4 is 34.2 Å². The van der Waals surface area contributed by atoms with E-state index in [2.05, 4.69) is 21.1 Å². The molecule has 0 unspecified atom stereocenters. The summed E-state index contributed by atoms with van der Waals surface area (Å²) in [5, 5.41) is 24.6. The number of aromatic nitrogens is 4. The van der Waals surface area contributed by atoms with Crippen LogP contribution in [0.4, 0.5) is 5.69 Å². The van der Waals surface area contributed by atoms with E-state index < -0.39 is 17.0 Å². The second-order valence-corrected chi connectivity index (χ2v) is 9.50. The average molecular weight is 549 g/mol. The second-order valence-electron chi connectivity index (χ2n) is 9.09. The molecule has 0 bridgehead atoms. The Kier molecular flexibility index (Phi) is 7.49. The van der Waals surface area contributed by atoms with Crippen LogP contribution in [0.25, 0.3) is 16.6 Å². The number of nitrogens with zero attached hydrogens (tertiary/aromatic N) is 6. The predicted octanol–water partition coefficient (Wildman–Crippen LogP) is 3.50. The lowest BCUT2D eigenvalue weighted by Crippen LogP contribution is -2.35. The summed E-state index contributed by atoms with van der Waals surface area (Å²) >= 11 is 6.20. The summed E-state index contributed by atoms with van der Waals surface area (Å²) in [5.41, 5.74) is 0.876. The number of rotatable bonds is 9. The largest absolute Gasteiger partial charge is 0.477 e. The summed E-state index contributed by atoms with van der Waals surface area (Å²) in [6.07, 6.45) is 7.94. The van der Waals surface area contributed by atoms with Crippen molar-refractivity contribution in [3.63, 3.8) is 0 Å². The number of methoxy groups -OCH3 is 1. The number of aromatic carboxylic acids is 1. The van der Waals surface area contributed by atoms with Crippen molar-refractivity contribution in [2.75, 3.05) is 31.8 Å². The summed E-state index contributed by atoms with van der Waals surface area (Å²) in [4.78, 5) is 31.4. The maximum Gasteiger partial charge on any atom is 0.341 e. The van der Waals surface area contributed by atoms with Crippen molar-refractivity contribution in [2.24, 2.45) is 0 Å². The summed E-state index contributed by atoms with van der Waals surface area (Å²) in [6, 6.07) is 8.78. The van der Waals surface area contributed by atoms with Gasteiger partial charge in [-0.25, -0.2) is 9.78 Å². The van der Waals surface area contributed by atoms with Crippen molar-refractivity contribution in [3.8, 4) is 17.6 Å². The molecule has 1 atom stereocenters.